The van der Waals surface area contributed by atoms with Crippen LogP contribution in [0.5, 0.6) is 5.75 Å². The fraction of sp³-hybridized carbons (Fsp3) is 0.400. The summed E-state index contributed by atoms with van der Waals surface area (Å²) in [4.78, 5) is 2.52. The Hall–Kier alpha value is -1.80. The third-order valence-corrected chi connectivity index (χ3v) is 4.08. The molecule has 0 aromatic heterocycles. The van der Waals surface area contributed by atoms with Crippen LogP contribution in [0.15, 0.2) is 54.6 Å². The molecule has 118 valence electrons. The monoisotopic (exact) mass is 297 g/mol. The van der Waals surface area contributed by atoms with Gasteiger partial charge < -0.3 is 10.0 Å². The van der Waals surface area contributed by atoms with Crippen molar-refractivity contribution in [3.63, 3.8) is 0 Å². The van der Waals surface area contributed by atoms with Crippen LogP contribution in [0.1, 0.15) is 30.9 Å². The van der Waals surface area contributed by atoms with E-state index in [4.69, 9.17) is 0 Å². The normalized spacial score (nSPS) is 11.0. The number of hydrogen-bond acceptors (Lipinski definition) is 2. The van der Waals surface area contributed by atoms with Crippen molar-refractivity contribution in [2.24, 2.45) is 0 Å². The van der Waals surface area contributed by atoms with Crippen LogP contribution in [0.2, 0.25) is 0 Å². The van der Waals surface area contributed by atoms with Gasteiger partial charge in [-0.3, -0.25) is 0 Å². The summed E-state index contributed by atoms with van der Waals surface area (Å²) in [5.74, 6) is 0.368. The van der Waals surface area contributed by atoms with Gasteiger partial charge in [0.05, 0.1) is 0 Å². The lowest BCUT2D eigenvalue weighted by Gasteiger charge is -2.20. The lowest BCUT2D eigenvalue weighted by atomic mass is 10.1. The highest BCUT2D eigenvalue weighted by molar-refractivity contribution is 5.27. The number of hydrogen-bond donors (Lipinski definition) is 1. The molecule has 0 heterocycles. The molecule has 0 aliphatic carbocycles. The molecule has 22 heavy (non-hydrogen) atoms. The van der Waals surface area contributed by atoms with Gasteiger partial charge in [-0.2, -0.15) is 0 Å². The highest BCUT2D eigenvalue weighted by atomic mass is 16.3. The van der Waals surface area contributed by atoms with Crippen LogP contribution in [-0.4, -0.2) is 29.6 Å². The van der Waals surface area contributed by atoms with Gasteiger partial charge in [0, 0.05) is 0 Å². The van der Waals surface area contributed by atoms with E-state index in [9.17, 15) is 5.11 Å². The highest BCUT2D eigenvalue weighted by Crippen LogP contribution is 2.13. The summed E-state index contributed by atoms with van der Waals surface area (Å²) in [5.41, 5.74) is 2.65. The third kappa shape index (κ3) is 5.90. The number of rotatable bonds is 9. The second-order valence-electron chi connectivity index (χ2n) is 5.80. The Morgan fingerprint density at radius 1 is 0.818 bits per heavy atom. The van der Waals surface area contributed by atoms with Crippen LogP contribution < -0.4 is 0 Å². The molecule has 0 spiro atoms. The smallest absolute Gasteiger partial charge is 0.115 e. The van der Waals surface area contributed by atoms with Crippen LogP contribution in [0, 0.1) is 0 Å². The Bertz CT molecular complexity index is 538. The van der Waals surface area contributed by atoms with Crippen molar-refractivity contribution in [3.8, 4) is 5.75 Å². The fourth-order valence-electron chi connectivity index (χ4n) is 2.80. The van der Waals surface area contributed by atoms with Crippen LogP contribution in [0.4, 0.5) is 0 Å². The van der Waals surface area contributed by atoms with E-state index < -0.39 is 0 Å². The van der Waals surface area contributed by atoms with Crippen molar-refractivity contribution in [2.75, 3.05) is 19.6 Å². The molecule has 0 fully saturated rings. The predicted molar refractivity (Wildman–Crippen MR) is 93.3 cm³/mol. The molecule has 0 radical (unpaired) electrons. The van der Waals surface area contributed by atoms with E-state index in [1.165, 1.54) is 17.5 Å². The van der Waals surface area contributed by atoms with E-state index in [1.54, 1.807) is 6.07 Å². The summed E-state index contributed by atoms with van der Waals surface area (Å²) >= 11 is 0. The summed E-state index contributed by atoms with van der Waals surface area (Å²) < 4.78 is 0. The Kier molecular flexibility index (Phi) is 6.98. The molecule has 0 unspecified atom stereocenters. The topological polar surface area (TPSA) is 23.5 Å². The van der Waals surface area contributed by atoms with E-state index in [0.29, 0.717) is 5.75 Å². The second-order valence-corrected chi connectivity index (χ2v) is 5.80. The second kappa shape index (κ2) is 9.26. The first-order valence-corrected chi connectivity index (χ1v) is 8.32. The Morgan fingerprint density at radius 2 is 1.45 bits per heavy atom. The zero-order valence-electron chi connectivity index (χ0n) is 13.5. The maximum atomic E-state index is 9.48. The zero-order valence-corrected chi connectivity index (χ0v) is 13.5. The first kappa shape index (κ1) is 16.6. The van der Waals surface area contributed by atoms with Gasteiger partial charge in [0.1, 0.15) is 5.75 Å². The van der Waals surface area contributed by atoms with E-state index in [2.05, 4.69) is 48.2 Å². The van der Waals surface area contributed by atoms with E-state index in [1.807, 2.05) is 12.1 Å². The molecule has 0 bridgehead atoms. The molecule has 0 amide bonds. The standard InChI is InChI=1S/C20H27NO/c1-2-21(15-7-12-18-9-4-3-5-10-18)16-8-13-19-11-6-14-20(22)17-19/h3-6,9-11,14,17,22H,2,7-8,12-13,15-16H2,1H3. The number of phenolic OH excluding ortho intramolecular Hbond substituents is 1. The molecule has 0 aliphatic rings. The summed E-state index contributed by atoms with van der Waals surface area (Å²) in [6, 6.07) is 18.3. The van der Waals surface area contributed by atoms with Crippen molar-refractivity contribution in [3.05, 3.63) is 65.7 Å². The van der Waals surface area contributed by atoms with Gasteiger partial charge in [-0.15, -0.1) is 0 Å². The fourth-order valence-corrected chi connectivity index (χ4v) is 2.80. The summed E-state index contributed by atoms with van der Waals surface area (Å²) in [7, 11) is 0. The van der Waals surface area contributed by atoms with E-state index >= 15 is 0 Å². The molecule has 0 aliphatic heterocycles. The molecule has 0 saturated heterocycles. The molecular weight excluding hydrogens is 270 g/mol. The quantitative estimate of drug-likeness (QED) is 0.747. The van der Waals surface area contributed by atoms with Crippen LogP contribution in [-0.2, 0) is 12.8 Å². The first-order chi connectivity index (χ1) is 10.8. The minimum atomic E-state index is 0.368. The molecule has 2 rings (SSSR count). The number of benzene rings is 2. The zero-order chi connectivity index (χ0) is 15.6. The van der Waals surface area contributed by atoms with Crippen molar-refractivity contribution in [1.82, 2.24) is 4.90 Å². The Balaban J connectivity index is 1.66. The molecule has 2 aromatic carbocycles. The average molecular weight is 297 g/mol. The van der Waals surface area contributed by atoms with Crippen molar-refractivity contribution in [1.29, 1.82) is 0 Å². The van der Waals surface area contributed by atoms with Crippen molar-refractivity contribution >= 4 is 0 Å². The van der Waals surface area contributed by atoms with Crippen molar-refractivity contribution < 1.29 is 5.11 Å². The Morgan fingerprint density at radius 3 is 2.09 bits per heavy atom. The SMILES string of the molecule is CCN(CCCc1ccccc1)CCCc1cccc(O)c1. The van der Waals surface area contributed by atoms with Crippen molar-refractivity contribution in [2.45, 2.75) is 32.6 Å². The van der Waals surface area contributed by atoms with Gasteiger partial charge in [-0.1, -0.05) is 49.4 Å². The average Bonchev–Trinajstić information content (AvgIpc) is 2.54. The minimum absolute atomic E-state index is 0.368. The van der Waals surface area contributed by atoms with Gasteiger partial charge in [-0.05, 0) is 68.6 Å². The molecule has 2 heteroatoms. The molecule has 1 N–H and O–H groups in total. The number of aromatic hydroxyl groups is 1. The summed E-state index contributed by atoms with van der Waals surface area (Å²) in [6.07, 6.45) is 4.54. The highest BCUT2D eigenvalue weighted by Gasteiger charge is 2.03. The van der Waals surface area contributed by atoms with Gasteiger partial charge in [0.15, 0.2) is 0 Å². The number of phenols is 1. The number of nitrogens with zero attached hydrogens (tertiary/aromatic N) is 1. The van der Waals surface area contributed by atoms with Gasteiger partial charge >= 0.3 is 0 Å². The predicted octanol–water partition coefficient (Wildman–Crippen LogP) is 4.28. The van der Waals surface area contributed by atoms with Crippen LogP contribution in [0.3, 0.4) is 0 Å². The van der Waals surface area contributed by atoms with Gasteiger partial charge in [-0.25, -0.2) is 0 Å². The lowest BCUT2D eigenvalue weighted by molar-refractivity contribution is 0.281. The molecule has 0 saturated carbocycles. The molecule has 2 nitrogen and oxygen atoms in total. The third-order valence-electron chi connectivity index (χ3n) is 4.08. The first-order valence-electron chi connectivity index (χ1n) is 8.32. The van der Waals surface area contributed by atoms with Gasteiger partial charge in [0.2, 0.25) is 0 Å². The summed E-state index contributed by atoms with van der Waals surface area (Å²) in [5, 5.41) is 9.48. The van der Waals surface area contributed by atoms with Crippen LogP contribution >= 0.6 is 0 Å². The maximum absolute atomic E-state index is 9.48. The molecule has 2 aromatic rings. The Labute approximate surface area is 134 Å². The number of aryl methyl sites for hydroxylation is 2. The molecular formula is C20H27NO. The lowest BCUT2D eigenvalue weighted by Crippen LogP contribution is -2.26. The summed E-state index contributed by atoms with van der Waals surface area (Å²) in [6.45, 7) is 5.62. The van der Waals surface area contributed by atoms with E-state index in [0.717, 1.165) is 38.9 Å². The van der Waals surface area contributed by atoms with E-state index in [-0.39, 0.29) is 0 Å². The maximum Gasteiger partial charge on any atom is 0.115 e. The minimum Gasteiger partial charge on any atom is -0.508 e. The largest absolute Gasteiger partial charge is 0.508 e. The molecule has 0 atom stereocenters. The van der Waals surface area contributed by atoms with Gasteiger partial charge in [0.25, 0.3) is 0 Å². The van der Waals surface area contributed by atoms with Crippen LogP contribution in [0.25, 0.3) is 0 Å².